The molecule has 0 saturated carbocycles. The van der Waals surface area contributed by atoms with Crippen molar-refractivity contribution < 1.29 is 4.79 Å². The van der Waals surface area contributed by atoms with Crippen LogP contribution in [0.4, 0.5) is 5.69 Å². The molecule has 0 saturated heterocycles. The molecule has 0 aliphatic heterocycles. The van der Waals surface area contributed by atoms with Crippen LogP contribution in [0, 0.1) is 5.92 Å². The molecule has 1 aliphatic rings. The van der Waals surface area contributed by atoms with Crippen molar-refractivity contribution in [3.05, 3.63) is 42.5 Å². The van der Waals surface area contributed by atoms with Crippen molar-refractivity contribution in [2.75, 3.05) is 18.5 Å². The SMILES string of the molecule is C[C@@H](CNC(=O)C[C@@H]1C=CCC1)N(C)c1ccccc1. The zero-order valence-electron chi connectivity index (χ0n) is 12.4. The molecule has 1 aromatic carbocycles. The monoisotopic (exact) mass is 272 g/mol. The van der Waals surface area contributed by atoms with Gasteiger partial charge in [0.05, 0.1) is 0 Å². The highest BCUT2D eigenvalue weighted by molar-refractivity contribution is 5.76. The number of amides is 1. The number of carbonyl (C=O) groups is 1. The summed E-state index contributed by atoms with van der Waals surface area (Å²) in [6.07, 6.45) is 7.19. The van der Waals surface area contributed by atoms with Crippen molar-refractivity contribution in [3.63, 3.8) is 0 Å². The molecule has 108 valence electrons. The van der Waals surface area contributed by atoms with E-state index in [1.54, 1.807) is 0 Å². The van der Waals surface area contributed by atoms with Crippen molar-refractivity contribution in [2.24, 2.45) is 5.92 Å². The number of hydrogen-bond acceptors (Lipinski definition) is 2. The van der Waals surface area contributed by atoms with E-state index in [-0.39, 0.29) is 11.9 Å². The highest BCUT2D eigenvalue weighted by Crippen LogP contribution is 2.20. The number of para-hydroxylation sites is 1. The van der Waals surface area contributed by atoms with Gasteiger partial charge < -0.3 is 10.2 Å². The number of nitrogens with zero attached hydrogens (tertiary/aromatic N) is 1. The van der Waals surface area contributed by atoms with E-state index in [1.165, 1.54) is 5.69 Å². The summed E-state index contributed by atoms with van der Waals surface area (Å²) in [6, 6.07) is 10.5. The summed E-state index contributed by atoms with van der Waals surface area (Å²) in [7, 11) is 2.06. The average Bonchev–Trinajstić information content (AvgIpc) is 2.97. The zero-order valence-corrected chi connectivity index (χ0v) is 12.4. The average molecular weight is 272 g/mol. The Morgan fingerprint density at radius 1 is 1.40 bits per heavy atom. The lowest BCUT2D eigenvalue weighted by Crippen LogP contribution is -2.40. The van der Waals surface area contributed by atoms with Gasteiger partial charge in [-0.15, -0.1) is 0 Å². The fourth-order valence-electron chi connectivity index (χ4n) is 2.49. The summed E-state index contributed by atoms with van der Waals surface area (Å²) in [5.74, 6) is 0.604. The largest absolute Gasteiger partial charge is 0.370 e. The Labute approximate surface area is 121 Å². The Morgan fingerprint density at radius 3 is 2.80 bits per heavy atom. The third kappa shape index (κ3) is 4.12. The van der Waals surface area contributed by atoms with Gasteiger partial charge in [0.25, 0.3) is 0 Å². The molecule has 1 N–H and O–H groups in total. The molecule has 1 amide bonds. The van der Waals surface area contributed by atoms with Crippen molar-refractivity contribution in [1.82, 2.24) is 5.32 Å². The van der Waals surface area contributed by atoms with E-state index in [0.717, 1.165) is 12.8 Å². The normalized spacial score (nSPS) is 18.8. The Kier molecular flexibility index (Phi) is 5.22. The van der Waals surface area contributed by atoms with Gasteiger partial charge in [0.15, 0.2) is 0 Å². The molecular formula is C17H24N2O. The van der Waals surface area contributed by atoms with Gasteiger partial charge in [0.1, 0.15) is 0 Å². The van der Waals surface area contributed by atoms with E-state index in [9.17, 15) is 4.79 Å². The molecule has 3 heteroatoms. The maximum atomic E-state index is 11.9. The number of nitrogens with one attached hydrogen (secondary N) is 1. The number of hydrogen-bond donors (Lipinski definition) is 1. The van der Waals surface area contributed by atoms with Crippen molar-refractivity contribution in [3.8, 4) is 0 Å². The van der Waals surface area contributed by atoms with Crippen LogP contribution in [0.25, 0.3) is 0 Å². The van der Waals surface area contributed by atoms with Gasteiger partial charge in [-0.25, -0.2) is 0 Å². The molecule has 2 rings (SSSR count). The Hall–Kier alpha value is -1.77. The molecule has 0 bridgehead atoms. The van der Waals surface area contributed by atoms with Crippen LogP contribution in [-0.2, 0) is 4.79 Å². The Balaban J connectivity index is 1.75. The predicted molar refractivity (Wildman–Crippen MR) is 83.8 cm³/mol. The Morgan fingerprint density at radius 2 is 2.15 bits per heavy atom. The first-order valence-corrected chi connectivity index (χ1v) is 7.38. The Bertz CT molecular complexity index is 455. The summed E-state index contributed by atoms with van der Waals surface area (Å²) in [4.78, 5) is 14.1. The molecule has 0 unspecified atom stereocenters. The lowest BCUT2D eigenvalue weighted by Gasteiger charge is -2.27. The van der Waals surface area contributed by atoms with Gasteiger partial charge >= 0.3 is 0 Å². The lowest BCUT2D eigenvalue weighted by molar-refractivity contribution is -0.121. The summed E-state index contributed by atoms with van der Waals surface area (Å²) >= 11 is 0. The molecule has 0 heterocycles. The fraction of sp³-hybridized carbons (Fsp3) is 0.471. The lowest BCUT2D eigenvalue weighted by atomic mass is 10.1. The van der Waals surface area contributed by atoms with Crippen LogP contribution >= 0.6 is 0 Å². The number of rotatable bonds is 6. The number of allylic oxidation sites excluding steroid dienone is 2. The summed E-state index contributed by atoms with van der Waals surface area (Å²) in [6.45, 7) is 2.81. The minimum absolute atomic E-state index is 0.162. The van der Waals surface area contributed by atoms with Crippen LogP contribution in [0.1, 0.15) is 26.2 Å². The number of benzene rings is 1. The molecule has 3 nitrogen and oxygen atoms in total. The summed E-state index contributed by atoms with van der Waals surface area (Å²) < 4.78 is 0. The van der Waals surface area contributed by atoms with Crippen molar-refractivity contribution >= 4 is 11.6 Å². The third-order valence-corrected chi connectivity index (χ3v) is 3.98. The summed E-state index contributed by atoms with van der Waals surface area (Å²) in [5.41, 5.74) is 1.17. The minimum atomic E-state index is 0.162. The van der Waals surface area contributed by atoms with Crippen molar-refractivity contribution in [2.45, 2.75) is 32.2 Å². The van der Waals surface area contributed by atoms with Gasteiger partial charge in [-0.1, -0.05) is 30.4 Å². The van der Waals surface area contributed by atoms with Gasteiger partial charge in [0, 0.05) is 31.7 Å². The molecule has 0 radical (unpaired) electrons. The minimum Gasteiger partial charge on any atom is -0.370 e. The zero-order chi connectivity index (χ0) is 14.4. The molecular weight excluding hydrogens is 248 g/mol. The molecule has 0 aromatic heterocycles. The van der Waals surface area contributed by atoms with Crippen LogP contribution in [-0.4, -0.2) is 25.5 Å². The highest BCUT2D eigenvalue weighted by Gasteiger charge is 2.15. The molecule has 20 heavy (non-hydrogen) atoms. The van der Waals surface area contributed by atoms with E-state index < -0.39 is 0 Å². The van der Waals surface area contributed by atoms with Gasteiger partial charge in [-0.2, -0.15) is 0 Å². The maximum Gasteiger partial charge on any atom is 0.220 e. The van der Waals surface area contributed by atoms with Gasteiger partial charge in [-0.05, 0) is 37.8 Å². The van der Waals surface area contributed by atoms with E-state index in [2.05, 4.69) is 48.5 Å². The topological polar surface area (TPSA) is 32.3 Å². The first kappa shape index (κ1) is 14.6. The predicted octanol–water partition coefficient (Wildman–Crippen LogP) is 2.98. The molecule has 1 aromatic rings. The van der Waals surface area contributed by atoms with Gasteiger partial charge in [0.2, 0.25) is 5.91 Å². The first-order valence-electron chi connectivity index (χ1n) is 7.38. The molecule has 0 fully saturated rings. The van der Waals surface area contributed by atoms with Crippen molar-refractivity contribution in [1.29, 1.82) is 0 Å². The smallest absolute Gasteiger partial charge is 0.220 e. The van der Waals surface area contributed by atoms with Crippen LogP contribution in [0.2, 0.25) is 0 Å². The van der Waals surface area contributed by atoms with E-state index in [1.807, 2.05) is 18.2 Å². The highest BCUT2D eigenvalue weighted by atomic mass is 16.1. The molecule has 1 aliphatic carbocycles. The van der Waals surface area contributed by atoms with Crippen LogP contribution in [0.5, 0.6) is 0 Å². The van der Waals surface area contributed by atoms with Crippen LogP contribution in [0.3, 0.4) is 0 Å². The van der Waals surface area contributed by atoms with Crippen LogP contribution in [0.15, 0.2) is 42.5 Å². The van der Waals surface area contributed by atoms with E-state index in [0.29, 0.717) is 18.9 Å². The number of likely N-dealkylation sites (N-methyl/N-ethyl adjacent to an activating group) is 1. The standard InChI is InChI=1S/C17H24N2O/c1-14(19(2)16-10-4-3-5-11-16)13-18-17(20)12-15-8-6-7-9-15/h3-6,8,10-11,14-15H,7,9,12-13H2,1-2H3,(H,18,20)/t14-,15+/m0/s1. The second-order valence-electron chi connectivity index (χ2n) is 5.57. The van der Waals surface area contributed by atoms with E-state index in [4.69, 9.17) is 0 Å². The number of anilines is 1. The maximum absolute atomic E-state index is 11.9. The second-order valence-corrected chi connectivity index (χ2v) is 5.57. The summed E-state index contributed by atoms with van der Waals surface area (Å²) in [5, 5.41) is 3.05. The third-order valence-electron chi connectivity index (χ3n) is 3.98. The van der Waals surface area contributed by atoms with Crippen LogP contribution < -0.4 is 10.2 Å². The molecule has 2 atom stereocenters. The quantitative estimate of drug-likeness (QED) is 0.807. The van der Waals surface area contributed by atoms with E-state index >= 15 is 0 Å². The number of carbonyl (C=O) groups excluding carboxylic acids is 1. The second kappa shape index (κ2) is 7.13. The molecule has 0 spiro atoms. The first-order chi connectivity index (χ1) is 9.66. The fourth-order valence-corrected chi connectivity index (χ4v) is 2.49. The van der Waals surface area contributed by atoms with Gasteiger partial charge in [-0.3, -0.25) is 4.79 Å².